The van der Waals surface area contributed by atoms with Crippen LogP contribution in [0.25, 0.3) is 0 Å². The first-order chi connectivity index (χ1) is 17.3. The zero-order valence-electron chi connectivity index (χ0n) is 23.4. The van der Waals surface area contributed by atoms with Crippen molar-refractivity contribution in [1.29, 1.82) is 0 Å². The second-order valence-corrected chi connectivity index (χ2v) is 8.38. The van der Waals surface area contributed by atoms with Crippen molar-refractivity contribution in [3.63, 3.8) is 0 Å². The number of ether oxygens (including phenoxy) is 1. The van der Waals surface area contributed by atoms with Gasteiger partial charge < -0.3 is 31.7 Å². The average Bonchev–Trinajstić information content (AvgIpc) is 2.83. The van der Waals surface area contributed by atoms with Crippen molar-refractivity contribution in [3.8, 4) is 0 Å². The molecule has 216 valence electrons. The molecule has 0 aliphatic carbocycles. The largest absolute Gasteiger partial charge is 0.460 e. The molecule has 0 aromatic carbocycles. The van der Waals surface area contributed by atoms with E-state index in [1.54, 1.807) is 41.7 Å². The summed E-state index contributed by atoms with van der Waals surface area (Å²) in [6.45, 7) is 12.9. The summed E-state index contributed by atoms with van der Waals surface area (Å²) in [5, 5.41) is 17.9. The minimum absolute atomic E-state index is 0.0172. The van der Waals surface area contributed by atoms with Gasteiger partial charge in [-0.3, -0.25) is 34.2 Å². The fourth-order valence-electron chi connectivity index (χ4n) is 2.47. The third-order valence-corrected chi connectivity index (χ3v) is 3.97. The van der Waals surface area contributed by atoms with E-state index in [4.69, 9.17) is 20.5 Å². The van der Waals surface area contributed by atoms with Gasteiger partial charge in [0.15, 0.2) is 5.96 Å². The van der Waals surface area contributed by atoms with Gasteiger partial charge in [0, 0.05) is 26.1 Å². The number of hydroxylamine groups is 1. The Labute approximate surface area is 219 Å². The number of nitrogens with zero attached hydrogens (tertiary/aromatic N) is 1. The summed E-state index contributed by atoms with van der Waals surface area (Å²) < 4.78 is 5.22. The molecule has 0 spiro atoms. The SMILES string of the molecule is CC.CCC(=O)NC(CCCNC(N)=NC)C(=O)NCC(=O)N[C@@H](C)CC(=O)OC(C)(C)C.O=CNO. The highest BCUT2D eigenvalue weighted by Gasteiger charge is 2.22. The van der Waals surface area contributed by atoms with Crippen LogP contribution < -0.4 is 32.5 Å². The van der Waals surface area contributed by atoms with Crippen molar-refractivity contribution in [2.75, 3.05) is 20.1 Å². The summed E-state index contributed by atoms with van der Waals surface area (Å²) in [4.78, 5) is 60.7. The molecule has 4 amide bonds. The predicted octanol–water partition coefficient (Wildman–Crippen LogP) is -0.304. The Hall–Kier alpha value is -3.42. The van der Waals surface area contributed by atoms with Crippen LogP contribution in [0, 0.1) is 0 Å². The second kappa shape index (κ2) is 23.0. The Balaban J connectivity index is -0.00000174. The molecule has 0 aromatic rings. The molecule has 1 unspecified atom stereocenters. The molecule has 0 aliphatic heterocycles. The van der Waals surface area contributed by atoms with Crippen LogP contribution >= 0.6 is 0 Å². The maximum absolute atomic E-state index is 12.5. The van der Waals surface area contributed by atoms with Gasteiger partial charge in [0.2, 0.25) is 24.1 Å². The maximum atomic E-state index is 12.5. The third-order valence-electron chi connectivity index (χ3n) is 3.97. The monoisotopic (exact) mass is 533 g/mol. The predicted molar refractivity (Wildman–Crippen MR) is 140 cm³/mol. The van der Waals surface area contributed by atoms with Crippen LogP contribution in [0.4, 0.5) is 0 Å². The fraction of sp³-hybridized carbons (Fsp3) is 0.739. The highest BCUT2D eigenvalue weighted by molar-refractivity contribution is 5.90. The van der Waals surface area contributed by atoms with E-state index in [0.717, 1.165) is 0 Å². The Bertz CT molecular complexity index is 710. The van der Waals surface area contributed by atoms with Crippen molar-refractivity contribution in [2.45, 2.75) is 91.8 Å². The summed E-state index contributed by atoms with van der Waals surface area (Å²) in [5.74, 6) is -1.31. The highest BCUT2D eigenvalue weighted by Crippen LogP contribution is 2.09. The van der Waals surface area contributed by atoms with Gasteiger partial charge in [-0.2, -0.15) is 0 Å². The molecule has 2 atom stereocenters. The van der Waals surface area contributed by atoms with Crippen LogP contribution in [-0.2, 0) is 28.7 Å². The van der Waals surface area contributed by atoms with Gasteiger partial charge in [-0.25, -0.2) is 5.48 Å². The van der Waals surface area contributed by atoms with Crippen LogP contribution in [0.15, 0.2) is 4.99 Å². The highest BCUT2D eigenvalue weighted by atomic mass is 16.6. The summed E-state index contributed by atoms with van der Waals surface area (Å²) in [6.07, 6.45) is 1.35. The van der Waals surface area contributed by atoms with Gasteiger partial charge in [-0.1, -0.05) is 20.8 Å². The zero-order chi connectivity index (χ0) is 29.4. The molecular formula is C23H47N7O7. The summed E-state index contributed by atoms with van der Waals surface area (Å²) in [6, 6.07) is -1.23. The van der Waals surface area contributed by atoms with E-state index in [0.29, 0.717) is 19.4 Å². The smallest absolute Gasteiger partial charge is 0.308 e. The number of hydrogen-bond donors (Lipinski definition) is 7. The van der Waals surface area contributed by atoms with Crippen molar-refractivity contribution in [3.05, 3.63) is 0 Å². The lowest BCUT2D eigenvalue weighted by molar-refractivity contribution is -0.155. The van der Waals surface area contributed by atoms with Gasteiger partial charge in [0.25, 0.3) is 0 Å². The first-order valence-corrected chi connectivity index (χ1v) is 12.2. The molecule has 8 N–H and O–H groups in total. The summed E-state index contributed by atoms with van der Waals surface area (Å²) in [7, 11) is 1.56. The lowest BCUT2D eigenvalue weighted by Crippen LogP contribution is -2.50. The molecule has 0 bridgehead atoms. The van der Waals surface area contributed by atoms with E-state index in [1.165, 1.54) is 5.48 Å². The minimum Gasteiger partial charge on any atom is -0.460 e. The lowest BCUT2D eigenvalue weighted by Gasteiger charge is -2.21. The Morgan fingerprint density at radius 3 is 2.11 bits per heavy atom. The van der Waals surface area contributed by atoms with E-state index < -0.39 is 35.5 Å². The van der Waals surface area contributed by atoms with E-state index in [9.17, 15) is 19.2 Å². The number of hydrogen-bond acceptors (Lipinski definition) is 8. The number of aliphatic imine (C=N–C) groups is 1. The average molecular weight is 534 g/mol. The summed E-state index contributed by atoms with van der Waals surface area (Å²) >= 11 is 0. The van der Waals surface area contributed by atoms with Crippen LogP contribution in [-0.4, -0.2) is 79.1 Å². The number of rotatable bonds is 13. The topological polar surface area (TPSA) is 213 Å². The molecule has 0 saturated heterocycles. The molecular weight excluding hydrogens is 486 g/mol. The van der Waals surface area contributed by atoms with Gasteiger partial charge in [0.05, 0.1) is 13.0 Å². The van der Waals surface area contributed by atoms with Crippen LogP contribution in [0.2, 0.25) is 0 Å². The van der Waals surface area contributed by atoms with E-state index in [1.807, 2.05) is 13.8 Å². The maximum Gasteiger partial charge on any atom is 0.308 e. The molecule has 0 aliphatic rings. The normalized spacial score (nSPS) is 12.1. The number of guanidine groups is 1. The van der Waals surface area contributed by atoms with Gasteiger partial charge in [0.1, 0.15) is 11.6 Å². The number of nitrogens with one attached hydrogen (secondary N) is 5. The van der Waals surface area contributed by atoms with E-state index in [2.05, 4.69) is 26.3 Å². The van der Waals surface area contributed by atoms with Crippen molar-refractivity contribution >= 4 is 36.1 Å². The van der Waals surface area contributed by atoms with Crippen molar-refractivity contribution in [1.82, 2.24) is 26.7 Å². The molecule has 0 radical (unpaired) electrons. The number of carbonyl (C=O) groups excluding carboxylic acids is 5. The number of nitrogens with two attached hydrogens (primary N) is 1. The molecule has 0 saturated carbocycles. The second-order valence-electron chi connectivity index (χ2n) is 8.38. The van der Waals surface area contributed by atoms with E-state index >= 15 is 0 Å². The van der Waals surface area contributed by atoms with Crippen molar-refractivity contribution in [2.24, 2.45) is 10.7 Å². The molecule has 37 heavy (non-hydrogen) atoms. The van der Waals surface area contributed by atoms with Crippen LogP contribution in [0.1, 0.15) is 74.1 Å². The first-order valence-electron chi connectivity index (χ1n) is 12.2. The quantitative estimate of drug-likeness (QED) is 0.0314. The van der Waals surface area contributed by atoms with Crippen LogP contribution in [0.3, 0.4) is 0 Å². The Morgan fingerprint density at radius 1 is 1.08 bits per heavy atom. The number of esters is 1. The van der Waals surface area contributed by atoms with Gasteiger partial charge >= 0.3 is 5.97 Å². The standard InChI is InChI=1S/C20H38N6O5.C2H6.CH3NO2/c1-7-15(27)26-14(9-8-10-23-19(21)22-6)18(30)24-12-16(28)25-13(2)11-17(29)31-20(3,4)5;1-2;3-1-2-4/h13-14H,7-12H2,1-6H3,(H,24,30)(H,25,28)(H,26,27)(H3,21,22,23);1-2H3;1,4H,(H,2,3)/t13-,14?;;/m0../s1. The third kappa shape index (κ3) is 25.5. The first kappa shape index (κ1) is 38.1. The lowest BCUT2D eigenvalue weighted by atomic mass is 10.1. The molecule has 0 fully saturated rings. The molecule has 0 aromatic heterocycles. The van der Waals surface area contributed by atoms with Gasteiger partial charge in [-0.15, -0.1) is 0 Å². The van der Waals surface area contributed by atoms with E-state index in [-0.39, 0.29) is 37.7 Å². The number of carbonyl (C=O) groups is 5. The molecule has 14 nitrogen and oxygen atoms in total. The fourth-order valence-corrected chi connectivity index (χ4v) is 2.47. The number of amides is 4. The zero-order valence-corrected chi connectivity index (χ0v) is 23.4. The minimum atomic E-state index is -0.777. The Kier molecular flexibility index (Phi) is 23.7. The molecule has 0 rings (SSSR count). The van der Waals surface area contributed by atoms with Crippen LogP contribution in [0.5, 0.6) is 0 Å². The van der Waals surface area contributed by atoms with Crippen molar-refractivity contribution < 1.29 is 33.9 Å². The molecule has 14 heteroatoms. The summed E-state index contributed by atoms with van der Waals surface area (Å²) in [5.41, 5.74) is 6.20. The van der Waals surface area contributed by atoms with Gasteiger partial charge in [-0.05, 0) is 40.5 Å². The molecule has 0 heterocycles. The Morgan fingerprint density at radius 2 is 1.65 bits per heavy atom.